The summed E-state index contributed by atoms with van der Waals surface area (Å²) in [5.41, 5.74) is 1.41. The Morgan fingerprint density at radius 2 is 1.95 bits per heavy atom. The van der Waals surface area contributed by atoms with Crippen molar-refractivity contribution in [2.45, 2.75) is 0 Å². The van der Waals surface area contributed by atoms with Crippen LogP contribution in [0.1, 0.15) is 0 Å². The van der Waals surface area contributed by atoms with Gasteiger partial charge in [0.05, 0.1) is 5.52 Å². The van der Waals surface area contributed by atoms with Gasteiger partial charge in [0.25, 0.3) is 0 Å². The van der Waals surface area contributed by atoms with Crippen molar-refractivity contribution in [3.8, 4) is 0 Å². The minimum Gasteiger partial charge on any atom is -0.366 e. The molecular weight excluding hydrogens is 279 g/mol. The molecule has 2 N–H and O–H groups in total. The van der Waals surface area contributed by atoms with E-state index in [0.29, 0.717) is 24.0 Å². The van der Waals surface area contributed by atoms with Gasteiger partial charge in [0.15, 0.2) is 0 Å². The summed E-state index contributed by atoms with van der Waals surface area (Å²) in [5, 5.41) is 7.14. The lowest BCUT2D eigenvalue weighted by Crippen LogP contribution is -2.05. The monoisotopic (exact) mass is 294 g/mol. The molecule has 0 saturated heterocycles. The number of rotatable bonds is 5. The van der Waals surface area contributed by atoms with Crippen LogP contribution >= 0.6 is 0 Å². The van der Waals surface area contributed by atoms with Gasteiger partial charge in [-0.25, -0.2) is 9.37 Å². The molecule has 0 amide bonds. The second-order valence-electron chi connectivity index (χ2n) is 4.72. The van der Waals surface area contributed by atoms with Crippen LogP contribution in [-0.2, 0) is 0 Å². The molecule has 0 spiro atoms. The van der Waals surface area contributed by atoms with Crippen molar-refractivity contribution >= 4 is 28.4 Å². The lowest BCUT2D eigenvalue weighted by molar-refractivity contribution is 0.628. The number of hydrogen-bond donors (Lipinski definition) is 2. The van der Waals surface area contributed by atoms with Gasteiger partial charge >= 0.3 is 0 Å². The highest BCUT2D eigenvalue weighted by Crippen LogP contribution is 2.23. The molecule has 0 aliphatic rings. The SMILES string of the molecule is C=CCNc1nc(Nc2cccc(F)c2)nc2ccccc12. The van der Waals surface area contributed by atoms with E-state index >= 15 is 0 Å². The molecule has 110 valence electrons. The first kappa shape index (κ1) is 14.0. The zero-order valence-corrected chi connectivity index (χ0v) is 11.9. The van der Waals surface area contributed by atoms with Crippen LogP contribution in [-0.4, -0.2) is 16.5 Å². The van der Waals surface area contributed by atoms with E-state index in [1.165, 1.54) is 12.1 Å². The summed E-state index contributed by atoms with van der Waals surface area (Å²) in [6.45, 7) is 4.29. The Hall–Kier alpha value is -2.95. The van der Waals surface area contributed by atoms with Crippen LogP contribution in [0.3, 0.4) is 0 Å². The topological polar surface area (TPSA) is 49.8 Å². The number of halogens is 1. The summed E-state index contributed by atoms with van der Waals surface area (Å²) in [4.78, 5) is 8.92. The van der Waals surface area contributed by atoms with E-state index in [2.05, 4.69) is 27.2 Å². The Morgan fingerprint density at radius 1 is 1.09 bits per heavy atom. The van der Waals surface area contributed by atoms with Crippen LogP contribution in [0.4, 0.5) is 21.8 Å². The number of aromatic nitrogens is 2. The molecule has 0 radical (unpaired) electrons. The maximum Gasteiger partial charge on any atom is 0.229 e. The van der Waals surface area contributed by atoms with Crippen LogP contribution in [0.2, 0.25) is 0 Å². The summed E-state index contributed by atoms with van der Waals surface area (Å²) in [6.07, 6.45) is 1.76. The fraction of sp³-hybridized carbons (Fsp3) is 0.0588. The van der Waals surface area contributed by atoms with Gasteiger partial charge in [-0.05, 0) is 30.3 Å². The average Bonchev–Trinajstić information content (AvgIpc) is 2.52. The molecule has 0 saturated carbocycles. The highest BCUT2D eigenvalue weighted by molar-refractivity contribution is 5.90. The number of fused-ring (bicyclic) bond motifs is 1. The minimum absolute atomic E-state index is 0.309. The Morgan fingerprint density at radius 3 is 2.77 bits per heavy atom. The lowest BCUT2D eigenvalue weighted by atomic mass is 10.2. The highest BCUT2D eigenvalue weighted by atomic mass is 19.1. The summed E-state index contributed by atoms with van der Waals surface area (Å²) >= 11 is 0. The molecule has 3 rings (SSSR count). The van der Waals surface area contributed by atoms with Crippen molar-refractivity contribution in [3.63, 3.8) is 0 Å². The molecule has 0 aliphatic heterocycles. The fourth-order valence-electron chi connectivity index (χ4n) is 2.13. The maximum absolute atomic E-state index is 13.3. The van der Waals surface area contributed by atoms with Gasteiger partial charge in [0.1, 0.15) is 11.6 Å². The summed E-state index contributed by atoms with van der Waals surface area (Å²) in [6, 6.07) is 13.9. The summed E-state index contributed by atoms with van der Waals surface area (Å²) in [5.74, 6) is 0.816. The van der Waals surface area contributed by atoms with Gasteiger partial charge in [-0.3, -0.25) is 0 Å². The van der Waals surface area contributed by atoms with Crippen molar-refractivity contribution in [1.29, 1.82) is 0 Å². The fourth-order valence-corrected chi connectivity index (χ4v) is 2.13. The van der Waals surface area contributed by atoms with Crippen LogP contribution in [0.5, 0.6) is 0 Å². The first-order valence-electron chi connectivity index (χ1n) is 6.90. The standard InChI is InChI=1S/C17H15FN4/c1-2-10-19-16-14-8-3-4-9-15(14)21-17(22-16)20-13-7-5-6-12(18)11-13/h2-9,11H,1,10H2,(H2,19,20,21,22). The third kappa shape index (κ3) is 3.03. The quantitative estimate of drug-likeness (QED) is 0.695. The van der Waals surface area contributed by atoms with Gasteiger partial charge in [-0.1, -0.05) is 24.3 Å². The number of para-hydroxylation sites is 1. The molecule has 5 heteroatoms. The molecule has 3 aromatic rings. The van der Waals surface area contributed by atoms with E-state index in [-0.39, 0.29) is 5.82 Å². The number of nitrogens with zero attached hydrogens (tertiary/aromatic N) is 2. The largest absolute Gasteiger partial charge is 0.366 e. The van der Waals surface area contributed by atoms with Crippen molar-refractivity contribution in [2.75, 3.05) is 17.2 Å². The average molecular weight is 294 g/mol. The van der Waals surface area contributed by atoms with Crippen LogP contribution < -0.4 is 10.6 Å². The zero-order chi connectivity index (χ0) is 15.4. The first-order chi connectivity index (χ1) is 10.8. The van der Waals surface area contributed by atoms with E-state index < -0.39 is 0 Å². The van der Waals surface area contributed by atoms with Gasteiger partial charge in [0.2, 0.25) is 5.95 Å². The van der Waals surface area contributed by atoms with Crippen molar-refractivity contribution in [1.82, 2.24) is 9.97 Å². The molecule has 0 bridgehead atoms. The summed E-state index contributed by atoms with van der Waals surface area (Å²) < 4.78 is 13.3. The van der Waals surface area contributed by atoms with Gasteiger partial charge in [0, 0.05) is 17.6 Å². The van der Waals surface area contributed by atoms with Crippen LogP contribution in [0, 0.1) is 5.82 Å². The van der Waals surface area contributed by atoms with Crippen molar-refractivity contribution in [2.24, 2.45) is 0 Å². The molecule has 4 nitrogen and oxygen atoms in total. The van der Waals surface area contributed by atoms with Crippen LogP contribution in [0.25, 0.3) is 10.9 Å². The molecular formula is C17H15FN4. The van der Waals surface area contributed by atoms with E-state index in [9.17, 15) is 4.39 Å². The van der Waals surface area contributed by atoms with E-state index in [4.69, 9.17) is 0 Å². The van der Waals surface area contributed by atoms with E-state index in [0.717, 1.165) is 10.9 Å². The van der Waals surface area contributed by atoms with Crippen LogP contribution in [0.15, 0.2) is 61.2 Å². The number of nitrogens with one attached hydrogen (secondary N) is 2. The maximum atomic E-state index is 13.3. The second kappa shape index (κ2) is 6.22. The number of hydrogen-bond acceptors (Lipinski definition) is 4. The van der Waals surface area contributed by atoms with E-state index in [1.807, 2.05) is 24.3 Å². The minimum atomic E-state index is -0.309. The molecule has 0 unspecified atom stereocenters. The predicted molar refractivity (Wildman–Crippen MR) is 87.9 cm³/mol. The normalized spacial score (nSPS) is 10.4. The Kier molecular flexibility index (Phi) is 3.96. The molecule has 22 heavy (non-hydrogen) atoms. The highest BCUT2D eigenvalue weighted by Gasteiger charge is 2.07. The first-order valence-corrected chi connectivity index (χ1v) is 6.90. The third-order valence-electron chi connectivity index (χ3n) is 3.10. The van der Waals surface area contributed by atoms with Gasteiger partial charge in [-0.2, -0.15) is 4.98 Å². The molecule has 1 aromatic heterocycles. The third-order valence-corrected chi connectivity index (χ3v) is 3.10. The van der Waals surface area contributed by atoms with Crippen molar-refractivity contribution in [3.05, 3.63) is 67.0 Å². The molecule has 0 aliphatic carbocycles. The number of anilines is 3. The second-order valence-corrected chi connectivity index (χ2v) is 4.72. The lowest BCUT2D eigenvalue weighted by Gasteiger charge is -2.11. The smallest absolute Gasteiger partial charge is 0.229 e. The Balaban J connectivity index is 2.00. The molecule has 0 atom stereocenters. The van der Waals surface area contributed by atoms with E-state index in [1.54, 1.807) is 18.2 Å². The number of benzene rings is 2. The van der Waals surface area contributed by atoms with Crippen molar-refractivity contribution < 1.29 is 4.39 Å². The summed E-state index contributed by atoms with van der Waals surface area (Å²) in [7, 11) is 0. The Labute approximate surface area is 127 Å². The van der Waals surface area contributed by atoms with Gasteiger partial charge < -0.3 is 10.6 Å². The molecule has 0 fully saturated rings. The predicted octanol–water partition coefficient (Wildman–Crippen LogP) is 4.11. The zero-order valence-electron chi connectivity index (χ0n) is 11.9. The molecule has 1 heterocycles. The Bertz CT molecular complexity index is 817. The van der Waals surface area contributed by atoms with Gasteiger partial charge in [-0.15, -0.1) is 6.58 Å². The molecule has 2 aromatic carbocycles.